The van der Waals surface area contributed by atoms with E-state index in [9.17, 15) is 9.59 Å². The van der Waals surface area contributed by atoms with Gasteiger partial charge in [0.2, 0.25) is 0 Å². The summed E-state index contributed by atoms with van der Waals surface area (Å²) in [6.07, 6.45) is 17.1. The average molecular weight is 435 g/mol. The molecule has 0 aromatic carbocycles. The van der Waals surface area contributed by atoms with Crippen molar-refractivity contribution in [2.45, 2.75) is 80.1 Å². The fraction of sp³-hybridized carbons (Fsp3) is 0.667. The van der Waals surface area contributed by atoms with E-state index in [2.05, 4.69) is 53.7 Å². The maximum atomic E-state index is 13.5. The van der Waals surface area contributed by atoms with Gasteiger partial charge in [-0.1, -0.05) is 82.9 Å². The Bertz CT molecular complexity index is 896. The number of Topliss-reactive ketones (excluding diaryl/α,β-unsaturated/α-hetero) is 1. The Labute approximate surface area is 195 Å². The Morgan fingerprint density at radius 2 is 1.94 bits per heavy atom. The van der Waals surface area contributed by atoms with Crippen molar-refractivity contribution in [2.24, 2.45) is 46.8 Å². The quantitative estimate of drug-likeness (QED) is 0.183. The van der Waals surface area contributed by atoms with Crippen LogP contribution in [0.5, 0.6) is 0 Å². The molecule has 2 saturated carbocycles. The molecule has 174 valence electrons. The number of carbonyl (C=O) groups is 2. The average Bonchev–Trinajstić information content (AvgIpc) is 3.24. The standard InChI is InChI=1S/C30H42O2/c1-7-8-9-10-11-12-13-14-24(31)26-20(4)25-21-17-19(3)29(32)22(21)15-18(2)16-23(25)27-28(26)30(27,5)6/h11-14,16,19-23,25,27H,7-10,15,17H2,1-6H3/b12-11+,14-13-/t19?,20-,21+,22?,23+,25?,27+/m0/s1. The highest BCUT2D eigenvalue weighted by Gasteiger charge is 2.65. The fourth-order valence-corrected chi connectivity index (χ4v) is 7.59. The maximum Gasteiger partial charge on any atom is 0.182 e. The first-order valence-corrected chi connectivity index (χ1v) is 13.0. The highest BCUT2D eigenvalue weighted by molar-refractivity contribution is 6.06. The Balaban J connectivity index is 1.62. The summed E-state index contributed by atoms with van der Waals surface area (Å²) in [4.78, 5) is 26.5. The summed E-state index contributed by atoms with van der Waals surface area (Å²) >= 11 is 0. The summed E-state index contributed by atoms with van der Waals surface area (Å²) in [5.74, 6) is 2.93. The predicted molar refractivity (Wildman–Crippen MR) is 132 cm³/mol. The van der Waals surface area contributed by atoms with Crippen LogP contribution in [0.3, 0.4) is 0 Å². The topological polar surface area (TPSA) is 34.1 Å². The second-order valence-corrected chi connectivity index (χ2v) is 11.6. The second-order valence-electron chi connectivity index (χ2n) is 11.6. The minimum atomic E-state index is 0.0906. The van der Waals surface area contributed by atoms with E-state index in [1.54, 1.807) is 6.08 Å². The molecule has 4 rings (SSSR count). The van der Waals surface area contributed by atoms with E-state index in [1.165, 1.54) is 30.4 Å². The van der Waals surface area contributed by atoms with Gasteiger partial charge in [-0.2, -0.15) is 0 Å². The largest absolute Gasteiger partial charge is 0.299 e. The van der Waals surface area contributed by atoms with Crippen LogP contribution < -0.4 is 0 Å². The van der Waals surface area contributed by atoms with Crippen molar-refractivity contribution < 1.29 is 9.59 Å². The molecule has 4 aliphatic carbocycles. The van der Waals surface area contributed by atoms with Gasteiger partial charge in [0.15, 0.2) is 5.78 Å². The van der Waals surface area contributed by atoms with Crippen LogP contribution in [0.1, 0.15) is 80.1 Å². The molecule has 0 N–H and O–H groups in total. The summed E-state index contributed by atoms with van der Waals surface area (Å²) in [6, 6.07) is 0. The fourth-order valence-electron chi connectivity index (χ4n) is 7.59. The first-order chi connectivity index (χ1) is 15.2. The Morgan fingerprint density at radius 3 is 2.66 bits per heavy atom. The van der Waals surface area contributed by atoms with Crippen molar-refractivity contribution in [3.8, 4) is 0 Å². The molecule has 2 fully saturated rings. The molecule has 0 aromatic heterocycles. The SMILES string of the molecule is CCCCC/C=C/C=C\C(=O)C1=C2[C@@H]([C@@H]3C=C(C)CC4C(=O)C(C)C[C@H]4C3[C@@H]1C)C2(C)C. The van der Waals surface area contributed by atoms with Gasteiger partial charge in [0.25, 0.3) is 0 Å². The lowest BCUT2D eigenvalue weighted by Gasteiger charge is -2.39. The van der Waals surface area contributed by atoms with E-state index in [0.717, 1.165) is 24.8 Å². The number of carbonyl (C=O) groups excluding carboxylic acids is 2. The molecule has 0 amide bonds. The zero-order chi connectivity index (χ0) is 23.2. The molecule has 2 nitrogen and oxygen atoms in total. The van der Waals surface area contributed by atoms with Crippen molar-refractivity contribution in [1.29, 1.82) is 0 Å². The number of fused-ring (bicyclic) bond motifs is 5. The summed E-state index contributed by atoms with van der Waals surface area (Å²) in [7, 11) is 0. The van der Waals surface area contributed by atoms with Crippen molar-refractivity contribution in [1.82, 2.24) is 0 Å². The lowest BCUT2D eigenvalue weighted by molar-refractivity contribution is -0.124. The van der Waals surface area contributed by atoms with Gasteiger partial charge < -0.3 is 0 Å². The molecule has 0 aliphatic heterocycles. The van der Waals surface area contributed by atoms with E-state index in [1.807, 2.05) is 12.2 Å². The van der Waals surface area contributed by atoms with Crippen LogP contribution >= 0.6 is 0 Å². The molecule has 0 heterocycles. The van der Waals surface area contributed by atoms with Gasteiger partial charge in [-0.25, -0.2) is 0 Å². The first kappa shape index (κ1) is 23.5. The van der Waals surface area contributed by atoms with Gasteiger partial charge in [0, 0.05) is 17.4 Å². The normalized spacial score (nSPS) is 37.9. The van der Waals surface area contributed by atoms with Gasteiger partial charge in [-0.15, -0.1) is 0 Å². The van der Waals surface area contributed by atoms with Crippen molar-refractivity contribution >= 4 is 11.6 Å². The molecule has 2 heteroatoms. The van der Waals surface area contributed by atoms with Gasteiger partial charge in [-0.3, -0.25) is 9.59 Å². The summed E-state index contributed by atoms with van der Waals surface area (Å²) in [6.45, 7) is 13.5. The second kappa shape index (κ2) is 8.92. The van der Waals surface area contributed by atoms with E-state index in [-0.39, 0.29) is 29.0 Å². The summed E-state index contributed by atoms with van der Waals surface area (Å²) < 4.78 is 0. The van der Waals surface area contributed by atoms with Gasteiger partial charge in [0.05, 0.1) is 0 Å². The lowest BCUT2D eigenvalue weighted by atomic mass is 9.64. The Morgan fingerprint density at radius 1 is 1.19 bits per heavy atom. The highest BCUT2D eigenvalue weighted by Crippen LogP contribution is 2.71. The first-order valence-electron chi connectivity index (χ1n) is 13.0. The zero-order valence-electron chi connectivity index (χ0n) is 21.0. The molecule has 0 radical (unpaired) electrons. The molecule has 7 atom stereocenters. The number of rotatable bonds is 7. The van der Waals surface area contributed by atoms with Crippen molar-refractivity contribution in [3.63, 3.8) is 0 Å². The Kier molecular flexibility index (Phi) is 6.54. The molecular weight excluding hydrogens is 392 g/mol. The zero-order valence-corrected chi connectivity index (χ0v) is 21.0. The third-order valence-corrected chi connectivity index (χ3v) is 9.09. The van der Waals surface area contributed by atoms with E-state index < -0.39 is 0 Å². The predicted octanol–water partition coefficient (Wildman–Crippen LogP) is 7.27. The lowest BCUT2D eigenvalue weighted by Crippen LogP contribution is -2.36. The number of hydrogen-bond donors (Lipinski definition) is 0. The summed E-state index contributed by atoms with van der Waals surface area (Å²) in [5.41, 5.74) is 3.93. The van der Waals surface area contributed by atoms with Crippen LogP contribution in [-0.4, -0.2) is 11.6 Å². The van der Waals surface area contributed by atoms with E-state index in [0.29, 0.717) is 29.5 Å². The van der Waals surface area contributed by atoms with Crippen LogP contribution in [-0.2, 0) is 9.59 Å². The minimum absolute atomic E-state index is 0.0906. The van der Waals surface area contributed by atoms with Crippen LogP contribution in [0.4, 0.5) is 0 Å². The number of hydrogen-bond acceptors (Lipinski definition) is 2. The van der Waals surface area contributed by atoms with Crippen LogP contribution in [0.15, 0.2) is 47.1 Å². The minimum Gasteiger partial charge on any atom is -0.299 e. The molecule has 0 saturated heterocycles. The van der Waals surface area contributed by atoms with E-state index >= 15 is 0 Å². The molecular formula is C30H42O2. The van der Waals surface area contributed by atoms with E-state index in [4.69, 9.17) is 0 Å². The number of allylic oxidation sites excluding steroid dienone is 8. The van der Waals surface area contributed by atoms with Crippen molar-refractivity contribution in [2.75, 3.05) is 0 Å². The van der Waals surface area contributed by atoms with Gasteiger partial charge >= 0.3 is 0 Å². The molecule has 32 heavy (non-hydrogen) atoms. The highest BCUT2D eigenvalue weighted by atomic mass is 16.1. The molecule has 0 bridgehead atoms. The van der Waals surface area contributed by atoms with Gasteiger partial charge in [-0.05, 0) is 73.7 Å². The molecule has 0 aromatic rings. The third kappa shape index (κ3) is 3.93. The van der Waals surface area contributed by atoms with Crippen LogP contribution in [0.2, 0.25) is 0 Å². The monoisotopic (exact) mass is 434 g/mol. The summed E-state index contributed by atoms with van der Waals surface area (Å²) in [5, 5.41) is 0. The third-order valence-electron chi connectivity index (χ3n) is 9.09. The molecule has 0 spiro atoms. The maximum absolute atomic E-state index is 13.5. The smallest absolute Gasteiger partial charge is 0.182 e. The molecule has 3 unspecified atom stereocenters. The van der Waals surface area contributed by atoms with Crippen LogP contribution in [0, 0.1) is 46.8 Å². The number of unbranched alkanes of at least 4 members (excludes halogenated alkanes) is 3. The molecule has 4 aliphatic rings. The van der Waals surface area contributed by atoms with Crippen molar-refractivity contribution in [3.05, 3.63) is 47.1 Å². The Hall–Kier alpha value is -1.70. The van der Waals surface area contributed by atoms with Crippen LogP contribution in [0.25, 0.3) is 0 Å². The number of ketones is 2. The van der Waals surface area contributed by atoms with Gasteiger partial charge in [0.1, 0.15) is 5.78 Å².